The van der Waals surface area contributed by atoms with E-state index >= 15 is 0 Å². The number of methoxy groups -OCH3 is 4. The first kappa shape index (κ1) is 31.6. The molecule has 4 heteroatoms. The van der Waals surface area contributed by atoms with Crippen LogP contribution in [0.3, 0.4) is 0 Å². The molecule has 3 aromatic rings. The predicted molar refractivity (Wildman–Crippen MR) is 131 cm³/mol. The molecule has 0 aromatic heterocycles. The fourth-order valence-corrected chi connectivity index (χ4v) is 2.28. The molecule has 0 bridgehead atoms. The van der Waals surface area contributed by atoms with Crippen molar-refractivity contribution in [2.45, 2.75) is 29.7 Å². The first-order valence-corrected chi connectivity index (χ1v) is 8.16. The number of benzene rings is 3. The Morgan fingerprint density at radius 1 is 0.333 bits per heavy atom. The van der Waals surface area contributed by atoms with Crippen LogP contribution in [0.15, 0.2) is 72.8 Å². The van der Waals surface area contributed by atoms with Gasteiger partial charge in [-0.15, -0.1) is 0 Å². The fourth-order valence-electron chi connectivity index (χ4n) is 2.28. The summed E-state index contributed by atoms with van der Waals surface area (Å²) in [6.07, 6.45) is 0. The third-order valence-corrected chi connectivity index (χ3v) is 3.81. The van der Waals surface area contributed by atoms with Gasteiger partial charge >= 0.3 is 0 Å². The van der Waals surface area contributed by atoms with Gasteiger partial charge in [-0.25, -0.2) is 0 Å². The summed E-state index contributed by atoms with van der Waals surface area (Å²) in [4.78, 5) is 0. The predicted octanol–water partition coefficient (Wildman–Crippen LogP) is 7.62. The van der Waals surface area contributed by atoms with Gasteiger partial charge in [0.2, 0.25) is 0 Å². The Kier molecular flexibility index (Phi) is 17.6. The second-order valence-electron chi connectivity index (χ2n) is 5.34. The molecule has 4 nitrogen and oxygen atoms in total. The topological polar surface area (TPSA) is 36.9 Å². The number of hydrogen-bond donors (Lipinski definition) is 0. The molecule has 0 aliphatic carbocycles. The van der Waals surface area contributed by atoms with Crippen LogP contribution in [-0.4, -0.2) is 28.4 Å². The highest BCUT2D eigenvalue weighted by Crippen LogP contribution is 2.24. The molecule has 0 fully saturated rings. The van der Waals surface area contributed by atoms with Crippen LogP contribution in [-0.2, 0) is 0 Å². The largest absolute Gasteiger partial charge is 0.497 e. The van der Waals surface area contributed by atoms with Crippen LogP contribution in [0.4, 0.5) is 0 Å². The maximum atomic E-state index is 5.12. The summed E-state index contributed by atoms with van der Waals surface area (Å²) in [7, 11) is 6.62. The summed E-state index contributed by atoms with van der Waals surface area (Å²) in [6.45, 7) is 0. The zero-order chi connectivity index (χ0) is 18.8. The third kappa shape index (κ3) is 9.37. The summed E-state index contributed by atoms with van der Waals surface area (Å²) in [5.41, 5.74) is 2.34. The van der Waals surface area contributed by atoms with Crippen molar-refractivity contribution in [1.29, 1.82) is 0 Å². The smallest absolute Gasteiger partial charge is 0.119 e. The Hall–Kier alpha value is -3.14. The van der Waals surface area contributed by atoms with Gasteiger partial charge in [0.15, 0.2) is 0 Å². The van der Waals surface area contributed by atoms with Gasteiger partial charge in [0.25, 0.3) is 0 Å². The van der Waals surface area contributed by atoms with Gasteiger partial charge in [-0.1, -0.05) is 54.0 Å². The quantitative estimate of drug-likeness (QED) is 0.429. The fraction of sp³-hybridized carbons (Fsp3) is 0.308. The van der Waals surface area contributed by atoms with Crippen LogP contribution in [0, 0.1) is 0 Å². The summed E-state index contributed by atoms with van der Waals surface area (Å²) in [5.74, 6) is 3.44. The average molecular weight is 417 g/mol. The summed E-state index contributed by atoms with van der Waals surface area (Å²) in [5, 5.41) is 0. The van der Waals surface area contributed by atoms with Gasteiger partial charge in [0.05, 0.1) is 28.4 Å². The Labute approximate surface area is 184 Å². The van der Waals surface area contributed by atoms with E-state index in [0.717, 1.165) is 23.0 Å². The zero-order valence-electron chi connectivity index (χ0n) is 15.6. The van der Waals surface area contributed by atoms with Gasteiger partial charge in [-0.05, 0) is 59.7 Å². The van der Waals surface area contributed by atoms with Gasteiger partial charge in [0, 0.05) is 0 Å². The molecule has 0 heterocycles. The van der Waals surface area contributed by atoms with Crippen LogP contribution >= 0.6 is 0 Å². The van der Waals surface area contributed by atoms with Gasteiger partial charge in [-0.2, -0.15) is 0 Å². The lowest BCUT2D eigenvalue weighted by molar-refractivity contribution is 0.403. The highest BCUT2D eigenvalue weighted by Gasteiger charge is 1.98. The van der Waals surface area contributed by atoms with E-state index in [9.17, 15) is 0 Å². The molecule has 0 N–H and O–H groups in total. The lowest BCUT2D eigenvalue weighted by atomic mass is 10.1. The van der Waals surface area contributed by atoms with Crippen molar-refractivity contribution in [2.24, 2.45) is 0 Å². The minimum absolute atomic E-state index is 0. The van der Waals surface area contributed by atoms with E-state index in [1.54, 1.807) is 28.4 Å². The van der Waals surface area contributed by atoms with Crippen molar-refractivity contribution in [2.75, 3.05) is 28.4 Å². The molecule has 0 saturated carbocycles. The summed E-state index contributed by atoms with van der Waals surface area (Å²) in [6, 6.07) is 23.4. The van der Waals surface area contributed by atoms with Crippen LogP contribution in [0.25, 0.3) is 11.1 Å². The third-order valence-electron chi connectivity index (χ3n) is 3.81. The molecular weight excluding hydrogens is 376 g/mol. The van der Waals surface area contributed by atoms with Crippen molar-refractivity contribution in [1.82, 2.24) is 0 Å². The van der Waals surface area contributed by atoms with Crippen molar-refractivity contribution in [3.63, 3.8) is 0 Å². The molecule has 3 aromatic carbocycles. The van der Waals surface area contributed by atoms with E-state index < -0.39 is 0 Å². The lowest BCUT2D eigenvalue weighted by Crippen LogP contribution is -1.84. The second kappa shape index (κ2) is 16.8. The van der Waals surface area contributed by atoms with Gasteiger partial charge in [-0.3, -0.25) is 0 Å². The Bertz CT molecular complexity index is 695. The normalized spacial score (nSPS) is 8.27. The van der Waals surface area contributed by atoms with Crippen LogP contribution in [0.1, 0.15) is 29.7 Å². The maximum Gasteiger partial charge on any atom is 0.119 e. The van der Waals surface area contributed by atoms with E-state index in [4.69, 9.17) is 18.9 Å². The number of hydrogen-bond acceptors (Lipinski definition) is 4. The first-order valence-electron chi connectivity index (χ1n) is 8.16. The average Bonchev–Trinajstić information content (AvgIpc) is 2.74. The maximum absolute atomic E-state index is 5.12. The highest BCUT2D eigenvalue weighted by atomic mass is 16.5. The summed E-state index contributed by atoms with van der Waals surface area (Å²) >= 11 is 0. The van der Waals surface area contributed by atoms with Crippen LogP contribution in [0.5, 0.6) is 23.0 Å². The lowest BCUT2D eigenvalue weighted by Gasteiger charge is -2.05. The standard InChI is InChI=1S/C14H14O2.C8H10O2.4CH4/c1-15-13-7-3-11(4-8-13)12-5-9-14(16-2)10-6-12;1-9-7-3-5-8(10-2)6-4-7;;;;/h3-10H,1-2H3;3-6H,1-2H3;4*1H4. The molecule has 0 aliphatic heterocycles. The second-order valence-corrected chi connectivity index (χ2v) is 5.34. The molecular formula is C26H40O4. The molecule has 0 unspecified atom stereocenters. The molecule has 0 saturated heterocycles. The van der Waals surface area contributed by atoms with Crippen molar-refractivity contribution in [3.8, 4) is 34.1 Å². The summed E-state index contributed by atoms with van der Waals surface area (Å²) < 4.78 is 20.2. The SMILES string of the molecule is C.C.C.C.COc1ccc(-c2ccc(OC)cc2)cc1.COc1ccc(OC)cc1. The van der Waals surface area contributed by atoms with E-state index in [2.05, 4.69) is 0 Å². The van der Waals surface area contributed by atoms with Gasteiger partial charge < -0.3 is 18.9 Å². The Morgan fingerprint density at radius 3 is 0.667 bits per heavy atom. The molecule has 3 rings (SSSR count). The molecule has 0 atom stereocenters. The Morgan fingerprint density at radius 2 is 0.500 bits per heavy atom. The van der Waals surface area contributed by atoms with E-state index in [1.807, 2.05) is 72.8 Å². The Balaban J connectivity index is -0.000000463. The minimum atomic E-state index is 0. The molecule has 0 spiro atoms. The molecule has 30 heavy (non-hydrogen) atoms. The molecule has 168 valence electrons. The van der Waals surface area contributed by atoms with Crippen LogP contribution < -0.4 is 18.9 Å². The highest BCUT2D eigenvalue weighted by molar-refractivity contribution is 5.64. The first-order chi connectivity index (χ1) is 12.7. The van der Waals surface area contributed by atoms with Gasteiger partial charge in [0.1, 0.15) is 23.0 Å². The van der Waals surface area contributed by atoms with Crippen molar-refractivity contribution in [3.05, 3.63) is 72.8 Å². The van der Waals surface area contributed by atoms with E-state index in [0.29, 0.717) is 0 Å². The zero-order valence-corrected chi connectivity index (χ0v) is 15.6. The van der Waals surface area contributed by atoms with Crippen molar-refractivity contribution < 1.29 is 18.9 Å². The monoisotopic (exact) mass is 416 g/mol. The number of rotatable bonds is 5. The van der Waals surface area contributed by atoms with E-state index in [-0.39, 0.29) is 29.7 Å². The minimum Gasteiger partial charge on any atom is -0.497 e. The molecule has 0 radical (unpaired) electrons. The molecule has 0 aliphatic rings. The molecule has 0 amide bonds. The number of ether oxygens (including phenoxy) is 4. The van der Waals surface area contributed by atoms with Crippen LogP contribution in [0.2, 0.25) is 0 Å². The van der Waals surface area contributed by atoms with Crippen molar-refractivity contribution >= 4 is 0 Å². The van der Waals surface area contributed by atoms with E-state index in [1.165, 1.54) is 11.1 Å².